The molecule has 1 aromatic rings. The molecular formula is C8H9NO2S. The summed E-state index contributed by atoms with van der Waals surface area (Å²) in [6.07, 6.45) is 0.864. The van der Waals surface area contributed by atoms with E-state index in [1.807, 2.05) is 24.3 Å². The van der Waals surface area contributed by atoms with Crippen molar-refractivity contribution in [3.05, 3.63) is 29.8 Å². The van der Waals surface area contributed by atoms with E-state index in [1.165, 1.54) is 4.31 Å². The van der Waals surface area contributed by atoms with Crippen molar-refractivity contribution in [1.82, 2.24) is 0 Å². The fourth-order valence-corrected chi connectivity index (χ4v) is 2.06. The van der Waals surface area contributed by atoms with Crippen LogP contribution in [-0.4, -0.2) is 15.3 Å². The van der Waals surface area contributed by atoms with Crippen LogP contribution in [0.4, 0.5) is 5.69 Å². The molecule has 0 radical (unpaired) electrons. The van der Waals surface area contributed by atoms with Gasteiger partial charge in [-0.15, -0.1) is 0 Å². The van der Waals surface area contributed by atoms with E-state index in [9.17, 15) is 4.21 Å². The fourth-order valence-electron chi connectivity index (χ4n) is 1.47. The van der Waals surface area contributed by atoms with E-state index in [0.29, 0.717) is 6.54 Å². The van der Waals surface area contributed by atoms with Crippen LogP contribution in [0.1, 0.15) is 5.56 Å². The number of anilines is 1. The smallest absolute Gasteiger partial charge is 0.261 e. The average Bonchev–Trinajstić information content (AvgIpc) is 2.47. The number of benzene rings is 1. The number of rotatable bonds is 1. The molecule has 1 N–H and O–H groups in total. The first-order valence-electron chi connectivity index (χ1n) is 3.75. The van der Waals surface area contributed by atoms with Gasteiger partial charge >= 0.3 is 0 Å². The SMILES string of the molecule is O=S(O)N1CCc2ccccc21. The fraction of sp³-hybridized carbons (Fsp3) is 0.250. The molecule has 2 rings (SSSR count). The van der Waals surface area contributed by atoms with Gasteiger partial charge in [-0.2, -0.15) is 0 Å². The van der Waals surface area contributed by atoms with E-state index < -0.39 is 11.3 Å². The Morgan fingerprint density at radius 3 is 2.92 bits per heavy atom. The Labute approximate surface area is 73.4 Å². The standard InChI is InChI=1S/C8H9NO2S/c10-12(11)9-6-5-7-3-1-2-4-8(7)9/h1-4H,5-6H2,(H,10,11). The predicted molar refractivity (Wildman–Crippen MR) is 48.3 cm³/mol. The minimum atomic E-state index is -1.87. The molecule has 0 aliphatic carbocycles. The predicted octanol–water partition coefficient (Wildman–Crippen LogP) is 1.19. The van der Waals surface area contributed by atoms with Crippen molar-refractivity contribution < 1.29 is 8.76 Å². The number of nitrogens with zero attached hydrogens (tertiary/aromatic N) is 1. The third-order valence-electron chi connectivity index (χ3n) is 2.03. The van der Waals surface area contributed by atoms with Crippen molar-refractivity contribution in [2.75, 3.05) is 10.8 Å². The Morgan fingerprint density at radius 1 is 1.42 bits per heavy atom. The van der Waals surface area contributed by atoms with Crippen LogP contribution < -0.4 is 4.31 Å². The maximum Gasteiger partial charge on any atom is 0.261 e. The maximum absolute atomic E-state index is 10.8. The lowest BCUT2D eigenvalue weighted by molar-refractivity contribution is 0.560. The lowest BCUT2D eigenvalue weighted by Crippen LogP contribution is -2.22. The molecule has 4 heteroatoms. The van der Waals surface area contributed by atoms with Gasteiger partial charge in [-0.05, 0) is 18.1 Å². The zero-order valence-electron chi connectivity index (χ0n) is 6.43. The normalized spacial score (nSPS) is 17.6. The molecule has 1 atom stereocenters. The highest BCUT2D eigenvalue weighted by atomic mass is 32.2. The molecule has 12 heavy (non-hydrogen) atoms. The van der Waals surface area contributed by atoms with E-state index >= 15 is 0 Å². The van der Waals surface area contributed by atoms with Crippen LogP contribution >= 0.6 is 0 Å². The number of hydrogen-bond donors (Lipinski definition) is 1. The van der Waals surface area contributed by atoms with Crippen LogP contribution in [0.2, 0.25) is 0 Å². The van der Waals surface area contributed by atoms with Gasteiger partial charge in [-0.1, -0.05) is 18.2 Å². The Bertz CT molecular complexity index is 327. The highest BCUT2D eigenvalue weighted by molar-refractivity contribution is 7.80. The minimum Gasteiger partial charge on any atom is -0.289 e. The van der Waals surface area contributed by atoms with Crippen molar-refractivity contribution in [3.63, 3.8) is 0 Å². The number of fused-ring (bicyclic) bond motifs is 1. The summed E-state index contributed by atoms with van der Waals surface area (Å²) < 4.78 is 21.2. The Hall–Kier alpha value is -0.870. The molecular weight excluding hydrogens is 174 g/mol. The largest absolute Gasteiger partial charge is 0.289 e. The van der Waals surface area contributed by atoms with Crippen molar-refractivity contribution in [1.29, 1.82) is 0 Å². The third-order valence-corrected chi connectivity index (χ3v) is 2.79. The van der Waals surface area contributed by atoms with Crippen LogP contribution in [0.3, 0.4) is 0 Å². The first-order valence-corrected chi connectivity index (χ1v) is 4.82. The van der Waals surface area contributed by atoms with Gasteiger partial charge in [0.2, 0.25) is 0 Å². The minimum absolute atomic E-state index is 0.641. The Kier molecular flexibility index (Phi) is 1.86. The summed E-state index contributed by atoms with van der Waals surface area (Å²) in [7, 11) is 0. The molecule has 1 unspecified atom stereocenters. The van der Waals surface area contributed by atoms with Gasteiger partial charge in [0.25, 0.3) is 11.3 Å². The molecule has 0 saturated heterocycles. The average molecular weight is 183 g/mol. The first-order chi connectivity index (χ1) is 5.79. The van der Waals surface area contributed by atoms with Crippen LogP contribution in [0.25, 0.3) is 0 Å². The van der Waals surface area contributed by atoms with E-state index in [1.54, 1.807) is 0 Å². The second-order valence-corrected chi connectivity index (χ2v) is 3.61. The van der Waals surface area contributed by atoms with Gasteiger partial charge in [-0.25, -0.2) is 4.21 Å². The summed E-state index contributed by atoms with van der Waals surface area (Å²) in [5.41, 5.74) is 2.04. The van der Waals surface area contributed by atoms with E-state index in [0.717, 1.165) is 17.7 Å². The number of hydrogen-bond acceptors (Lipinski definition) is 1. The van der Waals surface area contributed by atoms with Crippen LogP contribution in [0.5, 0.6) is 0 Å². The van der Waals surface area contributed by atoms with Gasteiger partial charge < -0.3 is 0 Å². The first kappa shape index (κ1) is 7.76. The summed E-state index contributed by atoms with van der Waals surface area (Å²) in [5, 5.41) is 0. The number of para-hydroxylation sites is 1. The quantitative estimate of drug-likeness (QED) is 0.664. The van der Waals surface area contributed by atoms with Gasteiger partial charge in [0.05, 0.1) is 5.69 Å². The second kappa shape index (κ2) is 2.88. The molecule has 3 nitrogen and oxygen atoms in total. The topological polar surface area (TPSA) is 40.5 Å². The summed E-state index contributed by atoms with van der Waals surface area (Å²) in [4.78, 5) is 0. The maximum atomic E-state index is 10.8. The lowest BCUT2D eigenvalue weighted by Gasteiger charge is -2.12. The molecule has 1 aliphatic rings. The molecule has 0 fully saturated rings. The third kappa shape index (κ3) is 1.13. The van der Waals surface area contributed by atoms with Crippen LogP contribution in [0.15, 0.2) is 24.3 Å². The molecule has 0 bridgehead atoms. The van der Waals surface area contributed by atoms with E-state index in [2.05, 4.69) is 0 Å². The molecule has 1 aliphatic heterocycles. The molecule has 0 saturated carbocycles. The molecule has 64 valence electrons. The molecule has 1 heterocycles. The van der Waals surface area contributed by atoms with Gasteiger partial charge in [0.15, 0.2) is 0 Å². The summed E-state index contributed by atoms with van der Waals surface area (Å²) in [6, 6.07) is 7.69. The van der Waals surface area contributed by atoms with Crippen molar-refractivity contribution in [2.24, 2.45) is 0 Å². The van der Waals surface area contributed by atoms with E-state index in [-0.39, 0.29) is 0 Å². The van der Waals surface area contributed by atoms with Crippen LogP contribution in [0, 0.1) is 0 Å². The van der Waals surface area contributed by atoms with Crippen molar-refractivity contribution in [2.45, 2.75) is 6.42 Å². The highest BCUT2D eigenvalue weighted by Crippen LogP contribution is 2.27. The molecule has 0 spiro atoms. The molecule has 1 aromatic carbocycles. The van der Waals surface area contributed by atoms with Gasteiger partial charge in [0.1, 0.15) is 0 Å². The van der Waals surface area contributed by atoms with Gasteiger partial charge in [0, 0.05) is 6.54 Å². The summed E-state index contributed by atoms with van der Waals surface area (Å²) in [6.45, 7) is 0.641. The molecule has 0 amide bonds. The van der Waals surface area contributed by atoms with Crippen LogP contribution in [-0.2, 0) is 17.7 Å². The highest BCUT2D eigenvalue weighted by Gasteiger charge is 2.21. The van der Waals surface area contributed by atoms with Gasteiger partial charge in [-0.3, -0.25) is 8.86 Å². The zero-order chi connectivity index (χ0) is 8.55. The van der Waals surface area contributed by atoms with Crippen molar-refractivity contribution in [3.8, 4) is 0 Å². The Morgan fingerprint density at radius 2 is 2.17 bits per heavy atom. The lowest BCUT2D eigenvalue weighted by atomic mass is 10.2. The monoisotopic (exact) mass is 183 g/mol. The van der Waals surface area contributed by atoms with Crippen molar-refractivity contribution >= 4 is 17.0 Å². The molecule has 0 aromatic heterocycles. The Balaban J connectivity index is 2.42. The summed E-state index contributed by atoms with van der Waals surface area (Å²) >= 11 is -1.87. The summed E-state index contributed by atoms with van der Waals surface area (Å²) in [5.74, 6) is 0. The zero-order valence-corrected chi connectivity index (χ0v) is 7.25. The second-order valence-electron chi connectivity index (χ2n) is 2.71. The van der Waals surface area contributed by atoms with E-state index in [4.69, 9.17) is 4.55 Å².